The number of rotatable bonds is 4. The van der Waals surface area contributed by atoms with E-state index in [-0.39, 0.29) is 0 Å². The number of hydrogen-bond acceptors (Lipinski definition) is 3. The number of likely N-dealkylation sites (N-methyl/N-ethyl adjacent to an activating group) is 1. The summed E-state index contributed by atoms with van der Waals surface area (Å²) in [7, 11) is 0. The molecular formula is C17H21NOS. The first-order chi connectivity index (χ1) is 9.70. The normalized spacial score (nSPS) is 18.6. The van der Waals surface area contributed by atoms with E-state index in [1.165, 1.54) is 20.9 Å². The van der Waals surface area contributed by atoms with Gasteiger partial charge in [0, 0.05) is 27.3 Å². The van der Waals surface area contributed by atoms with E-state index in [4.69, 9.17) is 4.74 Å². The van der Waals surface area contributed by atoms with E-state index in [0.29, 0.717) is 12.0 Å². The smallest absolute Gasteiger partial charge is 0.122 e. The third-order valence-electron chi connectivity index (χ3n) is 3.98. The Morgan fingerprint density at radius 1 is 1.35 bits per heavy atom. The Bertz CT molecular complexity index is 605. The molecule has 1 aromatic heterocycles. The molecule has 0 radical (unpaired) electrons. The molecule has 2 aromatic rings. The van der Waals surface area contributed by atoms with Gasteiger partial charge in [0.2, 0.25) is 0 Å². The van der Waals surface area contributed by atoms with Gasteiger partial charge in [-0.3, -0.25) is 0 Å². The summed E-state index contributed by atoms with van der Waals surface area (Å²) >= 11 is 1.88. The quantitative estimate of drug-likeness (QED) is 0.910. The molecule has 1 N–H and O–H groups in total. The number of nitrogens with one attached hydrogen (secondary N) is 1. The van der Waals surface area contributed by atoms with Gasteiger partial charge in [-0.05, 0) is 38.1 Å². The first-order valence-electron chi connectivity index (χ1n) is 7.22. The molecule has 1 aliphatic rings. The van der Waals surface area contributed by atoms with Gasteiger partial charge in [-0.2, -0.15) is 0 Å². The highest BCUT2D eigenvalue weighted by molar-refractivity contribution is 7.12. The lowest BCUT2D eigenvalue weighted by Crippen LogP contribution is -2.28. The summed E-state index contributed by atoms with van der Waals surface area (Å²) in [6.07, 6.45) is 0. The zero-order chi connectivity index (χ0) is 14.1. The van der Waals surface area contributed by atoms with Gasteiger partial charge in [-0.25, -0.2) is 0 Å². The predicted molar refractivity (Wildman–Crippen MR) is 84.9 cm³/mol. The summed E-state index contributed by atoms with van der Waals surface area (Å²) in [6, 6.07) is 11.1. The first kappa shape index (κ1) is 13.7. The average molecular weight is 287 g/mol. The molecule has 2 nitrogen and oxygen atoms in total. The Morgan fingerprint density at radius 3 is 2.85 bits per heavy atom. The first-order valence-corrected chi connectivity index (χ1v) is 8.04. The number of ether oxygens (including phenoxy) is 1. The third-order valence-corrected chi connectivity index (χ3v) is 4.96. The Labute approximate surface area is 124 Å². The molecule has 0 spiro atoms. The minimum atomic E-state index is 0.341. The summed E-state index contributed by atoms with van der Waals surface area (Å²) in [5.41, 5.74) is 2.77. The summed E-state index contributed by atoms with van der Waals surface area (Å²) in [6.45, 7) is 8.31. The summed E-state index contributed by atoms with van der Waals surface area (Å²) < 4.78 is 5.87. The largest absolute Gasteiger partial charge is 0.493 e. The van der Waals surface area contributed by atoms with Crippen LogP contribution in [0, 0.1) is 13.8 Å². The van der Waals surface area contributed by atoms with Crippen molar-refractivity contribution in [1.29, 1.82) is 0 Å². The van der Waals surface area contributed by atoms with Crippen LogP contribution >= 0.6 is 11.3 Å². The van der Waals surface area contributed by atoms with Crippen molar-refractivity contribution in [1.82, 2.24) is 5.32 Å². The Morgan fingerprint density at radius 2 is 2.15 bits per heavy atom. The lowest BCUT2D eigenvalue weighted by molar-refractivity contribution is 0.301. The van der Waals surface area contributed by atoms with Crippen molar-refractivity contribution in [2.45, 2.75) is 32.7 Å². The molecule has 1 aliphatic heterocycles. The summed E-state index contributed by atoms with van der Waals surface area (Å²) in [5, 5.41) is 3.66. The standard InChI is InChI=1S/C17H21NOS/c1-4-18-17(14-9-11(2)20-12(14)3)15-10-19-16-8-6-5-7-13(15)16/h5-9,15,17-18H,4,10H2,1-3H3. The molecule has 0 saturated carbocycles. The molecule has 2 atom stereocenters. The molecule has 2 unspecified atom stereocenters. The van der Waals surface area contributed by atoms with Crippen LogP contribution in [0.2, 0.25) is 0 Å². The van der Waals surface area contributed by atoms with Crippen molar-refractivity contribution >= 4 is 11.3 Å². The van der Waals surface area contributed by atoms with Crippen molar-refractivity contribution in [2.75, 3.05) is 13.2 Å². The molecule has 1 aromatic carbocycles. The Kier molecular flexibility index (Phi) is 3.81. The molecule has 0 bridgehead atoms. The molecule has 106 valence electrons. The van der Waals surface area contributed by atoms with Crippen LogP contribution in [0.5, 0.6) is 5.75 Å². The van der Waals surface area contributed by atoms with Gasteiger partial charge in [0.25, 0.3) is 0 Å². The third kappa shape index (κ3) is 2.36. The lowest BCUT2D eigenvalue weighted by atomic mass is 9.88. The molecule has 20 heavy (non-hydrogen) atoms. The number of hydrogen-bond donors (Lipinski definition) is 1. The van der Waals surface area contributed by atoms with Gasteiger partial charge < -0.3 is 10.1 Å². The highest BCUT2D eigenvalue weighted by Gasteiger charge is 2.32. The van der Waals surface area contributed by atoms with Gasteiger partial charge in [-0.1, -0.05) is 25.1 Å². The van der Waals surface area contributed by atoms with Gasteiger partial charge in [-0.15, -0.1) is 11.3 Å². The number of benzene rings is 1. The van der Waals surface area contributed by atoms with Crippen molar-refractivity contribution in [2.24, 2.45) is 0 Å². The van der Waals surface area contributed by atoms with Gasteiger partial charge in [0.15, 0.2) is 0 Å². The van der Waals surface area contributed by atoms with E-state index in [0.717, 1.165) is 18.9 Å². The maximum absolute atomic E-state index is 5.87. The summed E-state index contributed by atoms with van der Waals surface area (Å²) in [4.78, 5) is 2.80. The second-order valence-electron chi connectivity index (χ2n) is 5.36. The van der Waals surface area contributed by atoms with Gasteiger partial charge in [0.05, 0.1) is 6.61 Å². The molecule has 0 aliphatic carbocycles. The maximum Gasteiger partial charge on any atom is 0.122 e. The van der Waals surface area contributed by atoms with Crippen LogP contribution < -0.4 is 10.1 Å². The monoisotopic (exact) mass is 287 g/mol. The Hall–Kier alpha value is -1.32. The van der Waals surface area contributed by atoms with Crippen LogP contribution in [0.4, 0.5) is 0 Å². The molecule has 2 heterocycles. The van der Waals surface area contributed by atoms with E-state index in [1.807, 2.05) is 17.4 Å². The maximum atomic E-state index is 5.87. The molecule has 0 amide bonds. The van der Waals surface area contributed by atoms with E-state index < -0.39 is 0 Å². The van der Waals surface area contributed by atoms with Crippen molar-refractivity contribution in [3.8, 4) is 5.75 Å². The zero-order valence-corrected chi connectivity index (χ0v) is 13.1. The van der Waals surface area contributed by atoms with Crippen molar-refractivity contribution in [3.63, 3.8) is 0 Å². The molecule has 0 saturated heterocycles. The number of fused-ring (bicyclic) bond motifs is 1. The molecule has 3 heteroatoms. The number of para-hydroxylation sites is 1. The second kappa shape index (κ2) is 5.58. The van der Waals surface area contributed by atoms with Crippen LogP contribution in [0.25, 0.3) is 0 Å². The van der Waals surface area contributed by atoms with Crippen LogP contribution in [0.15, 0.2) is 30.3 Å². The van der Waals surface area contributed by atoms with Gasteiger partial charge in [0.1, 0.15) is 5.75 Å². The minimum Gasteiger partial charge on any atom is -0.493 e. The van der Waals surface area contributed by atoms with Crippen LogP contribution in [0.3, 0.4) is 0 Å². The van der Waals surface area contributed by atoms with Crippen LogP contribution in [-0.2, 0) is 0 Å². The van der Waals surface area contributed by atoms with E-state index in [2.05, 4.69) is 50.4 Å². The fourth-order valence-electron chi connectivity index (χ4n) is 3.11. The SMILES string of the molecule is CCNC(c1cc(C)sc1C)C1COc2ccccc21. The highest BCUT2D eigenvalue weighted by atomic mass is 32.1. The zero-order valence-electron chi connectivity index (χ0n) is 12.3. The minimum absolute atomic E-state index is 0.341. The van der Waals surface area contributed by atoms with Crippen LogP contribution in [0.1, 0.15) is 39.8 Å². The number of aryl methyl sites for hydroxylation is 2. The van der Waals surface area contributed by atoms with E-state index in [9.17, 15) is 0 Å². The van der Waals surface area contributed by atoms with Crippen LogP contribution in [-0.4, -0.2) is 13.2 Å². The van der Waals surface area contributed by atoms with Gasteiger partial charge >= 0.3 is 0 Å². The lowest BCUT2D eigenvalue weighted by Gasteiger charge is -2.24. The van der Waals surface area contributed by atoms with Crippen molar-refractivity contribution in [3.05, 3.63) is 51.2 Å². The summed E-state index contributed by atoms with van der Waals surface area (Å²) in [5.74, 6) is 1.45. The highest BCUT2D eigenvalue weighted by Crippen LogP contribution is 2.43. The fourth-order valence-corrected chi connectivity index (χ4v) is 4.08. The van der Waals surface area contributed by atoms with E-state index in [1.54, 1.807) is 0 Å². The fraction of sp³-hybridized carbons (Fsp3) is 0.412. The molecule has 3 rings (SSSR count). The van der Waals surface area contributed by atoms with E-state index >= 15 is 0 Å². The average Bonchev–Trinajstić information content (AvgIpc) is 3.00. The predicted octanol–water partition coefficient (Wildman–Crippen LogP) is 4.19. The molecule has 0 fully saturated rings. The second-order valence-corrected chi connectivity index (χ2v) is 6.82. The Balaban J connectivity index is 1.98. The topological polar surface area (TPSA) is 21.3 Å². The van der Waals surface area contributed by atoms with Crippen molar-refractivity contribution < 1.29 is 4.74 Å². The number of thiophene rings is 1. The molecular weight excluding hydrogens is 266 g/mol.